The van der Waals surface area contributed by atoms with Gasteiger partial charge in [-0.2, -0.15) is 0 Å². The number of methoxy groups -OCH3 is 1. The van der Waals surface area contributed by atoms with Crippen LogP contribution in [0.4, 0.5) is 5.69 Å². The Hall–Kier alpha value is -2.69. The van der Waals surface area contributed by atoms with Crippen LogP contribution >= 0.6 is 11.6 Å². The number of hydrogen-bond acceptors (Lipinski definition) is 8. The van der Waals surface area contributed by atoms with Crippen molar-refractivity contribution in [1.29, 1.82) is 0 Å². The number of rotatable bonds is 7. The molecule has 1 amide bonds. The number of nitrogens with zero attached hydrogens (tertiary/aromatic N) is 1. The number of amides is 1. The normalized spacial score (nSPS) is 34.9. The fraction of sp³-hybridized carbons (Fsp3) is 0.576. The fourth-order valence-corrected chi connectivity index (χ4v) is 8.24. The maximum absolute atomic E-state index is 13.2. The number of fused-ring (bicyclic) bond motifs is 4. The van der Waals surface area contributed by atoms with E-state index in [-0.39, 0.29) is 30.3 Å². The first-order valence-electron chi connectivity index (χ1n) is 15.5. The molecule has 10 heteroatoms. The minimum atomic E-state index is -0.826. The molecule has 4 saturated heterocycles. The van der Waals surface area contributed by atoms with Crippen molar-refractivity contribution in [2.75, 3.05) is 25.5 Å². The summed E-state index contributed by atoms with van der Waals surface area (Å²) in [6.45, 7) is 7.39. The van der Waals surface area contributed by atoms with Crippen LogP contribution in [0.25, 0.3) is 21.8 Å². The number of carbonyl (C=O) groups excluding carboxylic acids is 1. The highest BCUT2D eigenvalue weighted by atomic mass is 35.5. The number of halogens is 1. The minimum absolute atomic E-state index is 0.0459. The minimum Gasteiger partial charge on any atom is -0.497 e. The average molecular weight is 610 g/mol. The monoisotopic (exact) mass is 609 g/mol. The van der Waals surface area contributed by atoms with Crippen LogP contribution in [0.15, 0.2) is 36.4 Å². The molecular weight excluding hydrogens is 570 g/mol. The van der Waals surface area contributed by atoms with Crippen molar-refractivity contribution in [2.45, 2.75) is 76.7 Å². The lowest BCUT2D eigenvalue weighted by molar-refractivity contribution is -0.570. The molecule has 1 spiro atoms. The van der Waals surface area contributed by atoms with Crippen LogP contribution < -0.4 is 15.4 Å². The highest BCUT2D eigenvalue weighted by molar-refractivity contribution is 6.31. The van der Waals surface area contributed by atoms with Gasteiger partial charge < -0.3 is 24.8 Å². The predicted octanol–water partition coefficient (Wildman–Crippen LogP) is 6.22. The second kappa shape index (κ2) is 11.0. The summed E-state index contributed by atoms with van der Waals surface area (Å²) in [6, 6.07) is 11.5. The molecule has 8 atom stereocenters. The molecule has 2 N–H and O–H groups in total. The van der Waals surface area contributed by atoms with E-state index in [1.807, 2.05) is 43.3 Å². The lowest BCUT2D eigenvalue weighted by Crippen LogP contribution is -2.70. The summed E-state index contributed by atoms with van der Waals surface area (Å²) in [5, 5.41) is 9.15. The molecule has 9 nitrogen and oxygen atoms in total. The Balaban J connectivity index is 1.03. The Morgan fingerprint density at radius 2 is 1.91 bits per heavy atom. The molecule has 8 rings (SSSR count). The van der Waals surface area contributed by atoms with E-state index in [1.54, 1.807) is 7.11 Å². The van der Waals surface area contributed by atoms with Crippen molar-refractivity contribution in [1.82, 2.24) is 10.3 Å². The van der Waals surface area contributed by atoms with E-state index in [4.69, 9.17) is 40.6 Å². The predicted molar refractivity (Wildman–Crippen MR) is 164 cm³/mol. The number of pyridine rings is 1. The Labute approximate surface area is 256 Å². The zero-order valence-corrected chi connectivity index (χ0v) is 25.9. The van der Waals surface area contributed by atoms with Crippen molar-refractivity contribution in [2.24, 2.45) is 23.7 Å². The number of benzene rings is 2. The molecule has 4 aliphatic heterocycles. The molecule has 1 saturated carbocycles. The molecule has 2 bridgehead atoms. The summed E-state index contributed by atoms with van der Waals surface area (Å²) in [4.78, 5) is 30.2. The zero-order chi connectivity index (χ0) is 29.9. The number of ether oxygens (including phenoxy) is 3. The van der Waals surface area contributed by atoms with Crippen molar-refractivity contribution in [3.63, 3.8) is 0 Å². The van der Waals surface area contributed by atoms with Gasteiger partial charge in [0.2, 0.25) is 11.7 Å². The van der Waals surface area contributed by atoms with Gasteiger partial charge in [-0.3, -0.25) is 4.79 Å². The van der Waals surface area contributed by atoms with Crippen molar-refractivity contribution in [3.8, 4) is 5.75 Å². The molecular formula is C33H40ClN3O6. The molecule has 3 aromatic rings. The lowest BCUT2D eigenvalue weighted by Gasteiger charge is -2.60. The summed E-state index contributed by atoms with van der Waals surface area (Å²) >= 11 is 6.27. The SMILES string of the molecule is COc1ccc2nc3cc(Cl)ccc3c(NCCNC(=O)C[C@H]3O[C@@H]4O[C@@]5(C)CC[C@H]6[C@H](C)CC[C@@H]([C@H]3C)[C@@]46OO5)c2c1. The van der Waals surface area contributed by atoms with Gasteiger partial charge in [-0.15, -0.1) is 0 Å². The number of aromatic nitrogens is 1. The zero-order valence-electron chi connectivity index (χ0n) is 25.2. The van der Waals surface area contributed by atoms with Gasteiger partial charge in [0.25, 0.3) is 0 Å². The molecule has 0 unspecified atom stereocenters. The summed E-state index contributed by atoms with van der Waals surface area (Å²) < 4.78 is 18.5. The van der Waals surface area contributed by atoms with E-state index in [2.05, 4.69) is 24.5 Å². The van der Waals surface area contributed by atoms with Crippen LogP contribution in [0.3, 0.4) is 0 Å². The van der Waals surface area contributed by atoms with E-state index >= 15 is 0 Å². The standard InChI is InChI=1S/C33H40ClN3O6/c1-18-5-9-25-19(2)28(40-31-33(25)24(18)11-12-32(3,41-31)42-43-33)17-29(38)35-13-14-36-30-22-8-6-20(34)15-27(22)37-26-10-7-21(39-4)16-23(26)30/h6-8,10,15-16,18-19,24-25,28,31H,5,9,11-14,17H2,1-4H3,(H,35,38)(H,36,37)/t18-,19-,24+,25+,28-,31-,32-,33-/m1/s1. The van der Waals surface area contributed by atoms with Gasteiger partial charge in [0.1, 0.15) is 5.75 Å². The van der Waals surface area contributed by atoms with Crippen molar-refractivity contribution in [3.05, 3.63) is 41.4 Å². The molecule has 5 aliphatic rings. The Kier molecular flexibility index (Phi) is 7.45. The molecule has 5 fully saturated rings. The number of carbonyl (C=O) groups is 1. The van der Waals surface area contributed by atoms with Gasteiger partial charge >= 0.3 is 0 Å². The quantitative estimate of drug-likeness (QED) is 0.185. The first-order valence-corrected chi connectivity index (χ1v) is 15.9. The number of nitrogens with one attached hydrogen (secondary N) is 2. The summed E-state index contributed by atoms with van der Waals surface area (Å²) in [6.07, 6.45) is 3.36. The average Bonchev–Trinajstić information content (AvgIpc) is 3.22. The third-order valence-electron chi connectivity index (χ3n) is 10.4. The molecule has 5 heterocycles. The Bertz CT molecular complexity index is 1550. The molecule has 1 aliphatic carbocycles. The van der Waals surface area contributed by atoms with Crippen LogP contribution in [-0.4, -0.2) is 54.9 Å². The van der Waals surface area contributed by atoms with Crippen LogP contribution in [0.1, 0.15) is 52.9 Å². The first-order chi connectivity index (χ1) is 20.7. The van der Waals surface area contributed by atoms with Gasteiger partial charge in [-0.05, 0) is 80.3 Å². The summed E-state index contributed by atoms with van der Waals surface area (Å²) in [7, 11) is 1.65. The lowest BCUT2D eigenvalue weighted by atomic mass is 9.57. The molecule has 0 radical (unpaired) electrons. The van der Waals surface area contributed by atoms with Gasteiger partial charge in [0, 0.05) is 41.2 Å². The molecule has 2 aromatic carbocycles. The van der Waals surface area contributed by atoms with Crippen LogP contribution in [0, 0.1) is 23.7 Å². The van der Waals surface area contributed by atoms with E-state index in [0.29, 0.717) is 29.9 Å². The Morgan fingerprint density at radius 1 is 1.05 bits per heavy atom. The smallest absolute Gasteiger partial charge is 0.222 e. The highest BCUT2D eigenvalue weighted by Crippen LogP contribution is 2.60. The van der Waals surface area contributed by atoms with Gasteiger partial charge in [0.15, 0.2) is 11.9 Å². The summed E-state index contributed by atoms with van der Waals surface area (Å²) in [5.74, 6) is 1.01. The molecule has 1 aromatic heterocycles. The van der Waals surface area contributed by atoms with Gasteiger partial charge in [0.05, 0.1) is 36.4 Å². The van der Waals surface area contributed by atoms with Gasteiger partial charge in [-0.1, -0.05) is 25.4 Å². The first kappa shape index (κ1) is 29.0. The maximum Gasteiger partial charge on any atom is 0.222 e. The maximum atomic E-state index is 13.2. The van der Waals surface area contributed by atoms with E-state index in [1.165, 1.54) is 0 Å². The summed E-state index contributed by atoms with van der Waals surface area (Å²) in [5.41, 5.74) is 1.94. The number of anilines is 1. The second-order valence-corrected chi connectivity index (χ2v) is 13.4. The second-order valence-electron chi connectivity index (χ2n) is 13.0. The highest BCUT2D eigenvalue weighted by Gasteiger charge is 2.69. The Morgan fingerprint density at radius 3 is 2.74 bits per heavy atom. The van der Waals surface area contributed by atoms with E-state index < -0.39 is 17.7 Å². The fourth-order valence-electron chi connectivity index (χ4n) is 8.07. The van der Waals surface area contributed by atoms with Crippen molar-refractivity contribution < 1.29 is 28.8 Å². The number of hydrogen-bond donors (Lipinski definition) is 2. The van der Waals surface area contributed by atoms with E-state index in [0.717, 1.165) is 58.9 Å². The molecule has 43 heavy (non-hydrogen) atoms. The van der Waals surface area contributed by atoms with Crippen LogP contribution in [-0.2, 0) is 24.0 Å². The van der Waals surface area contributed by atoms with E-state index in [9.17, 15) is 4.79 Å². The van der Waals surface area contributed by atoms with Crippen molar-refractivity contribution >= 4 is 45.0 Å². The third kappa shape index (κ3) is 4.93. The third-order valence-corrected chi connectivity index (χ3v) is 10.6. The topological polar surface area (TPSA) is 100 Å². The molecule has 230 valence electrons. The largest absolute Gasteiger partial charge is 0.497 e. The van der Waals surface area contributed by atoms with Gasteiger partial charge in [-0.25, -0.2) is 14.8 Å². The van der Waals surface area contributed by atoms with Crippen LogP contribution in [0.5, 0.6) is 5.75 Å². The van der Waals surface area contributed by atoms with Crippen LogP contribution in [0.2, 0.25) is 5.02 Å².